The Bertz CT molecular complexity index is 2870. The largest absolute Gasteiger partial charge is 0.469 e. The quantitative estimate of drug-likeness (QED) is 0.0214. The van der Waals surface area contributed by atoms with Gasteiger partial charge in [0.05, 0.1) is 60.0 Å². The number of hydrogen-bond acceptors (Lipinski definition) is 43. The maximum Gasteiger partial charge on any atom is 0.305 e. The second-order valence-electron chi connectivity index (χ2n) is 27.5. The normalized spacial score (nSPS) is 45.3. The Hall–Kier alpha value is -4.13. The Morgan fingerprint density at radius 2 is 0.518 bits per heavy atom. The molecule has 8 heterocycles. The van der Waals surface area contributed by atoms with Crippen molar-refractivity contribution in [1.82, 2.24) is 21.3 Å². The van der Waals surface area contributed by atoms with Gasteiger partial charge in [-0.3, -0.25) is 24.0 Å². The van der Waals surface area contributed by atoms with Crippen molar-refractivity contribution in [3.8, 4) is 0 Å². The van der Waals surface area contributed by atoms with Crippen molar-refractivity contribution < 1.29 is 212 Å². The topological polar surface area (TPSA) is 715 Å². The van der Waals surface area contributed by atoms with Gasteiger partial charge in [-0.1, -0.05) is 6.42 Å². The molecule has 8 saturated heterocycles. The SMILES string of the molecule is COC(=O)CCCCCO[C@@H]1O[C@H](CO)[C@@H](O[C@@H]2O[C@H](CO)[C@H](O)[C@H](O[C@@H]3O[C@H](CO)[C@@H](O[C@@H]4O[C@H](CO)[C@H](O)[C@H](O[C@@H]5O[C@H](CO)[C@@H](O[C@@H]6O[C@H](CO)[C@H](O)[C@H](O[C@@H]7O[C@H](CO)[C@@H](O[C@@H]8O[C@H](CO)[C@H](O)[C@H](O)[C@H]8O)[C@H](O)[C@H]7NC(C)=O)[C@H]6O)[C@H](O)[C@H]5NC(C)=O)[C@H]4O)[C@H](O)[C@H]3NC(C)=O)[C@H]2O)[C@H](O)[C@H]1NC(C)=O. The molecule has 0 aromatic rings. The average molecular weight is 1610 g/mol. The van der Waals surface area contributed by atoms with Gasteiger partial charge >= 0.3 is 5.97 Å². The molecule has 8 fully saturated rings. The minimum Gasteiger partial charge on any atom is -0.469 e. The maximum absolute atomic E-state index is 13.0. The van der Waals surface area contributed by atoms with E-state index in [4.69, 9.17) is 75.8 Å². The second-order valence-corrected chi connectivity index (χ2v) is 27.5. The highest BCUT2D eigenvalue weighted by atomic mass is 16.8. The van der Waals surface area contributed by atoms with Crippen molar-refractivity contribution in [3.05, 3.63) is 0 Å². The van der Waals surface area contributed by atoms with Gasteiger partial charge in [0.2, 0.25) is 23.6 Å². The van der Waals surface area contributed by atoms with E-state index < -0.39 is 328 Å². The van der Waals surface area contributed by atoms with Crippen LogP contribution in [0.4, 0.5) is 0 Å². The maximum atomic E-state index is 13.0. The predicted octanol–water partition coefficient (Wildman–Crippen LogP) is -16.1. The zero-order valence-electron chi connectivity index (χ0n) is 60.2. The summed E-state index contributed by atoms with van der Waals surface area (Å²) in [5.74, 6) is -3.81. The van der Waals surface area contributed by atoms with Crippen LogP contribution >= 0.6 is 0 Å². The van der Waals surface area contributed by atoms with Gasteiger partial charge in [-0.05, 0) is 12.8 Å². The van der Waals surface area contributed by atoms with E-state index in [1.807, 2.05) is 0 Å². The number of esters is 1. The Balaban J connectivity index is 0.964. The summed E-state index contributed by atoms with van der Waals surface area (Å²) in [6.45, 7) is -4.32. The number of carbonyl (C=O) groups is 5. The van der Waals surface area contributed by atoms with Crippen LogP contribution in [0.3, 0.4) is 0 Å². The first kappa shape index (κ1) is 91.4. The molecule has 4 amide bonds. The van der Waals surface area contributed by atoms with Crippen LogP contribution in [0, 0.1) is 0 Å². The van der Waals surface area contributed by atoms with Gasteiger partial charge in [-0.15, -0.1) is 0 Å². The molecule has 0 spiro atoms. The molecule has 0 bridgehead atoms. The lowest BCUT2D eigenvalue weighted by Crippen LogP contribution is -2.71. The molecule has 0 aromatic carbocycles. The van der Waals surface area contributed by atoms with E-state index in [1.54, 1.807) is 0 Å². The highest BCUT2D eigenvalue weighted by Gasteiger charge is 2.61. The van der Waals surface area contributed by atoms with Crippen molar-refractivity contribution in [3.63, 3.8) is 0 Å². The monoisotopic (exact) mass is 1610 g/mol. The Kier molecular flexibility index (Phi) is 34.6. The van der Waals surface area contributed by atoms with Gasteiger partial charge < -0.3 is 209 Å². The van der Waals surface area contributed by atoms with E-state index in [0.717, 1.165) is 27.7 Å². The van der Waals surface area contributed by atoms with E-state index in [0.29, 0.717) is 19.3 Å². The summed E-state index contributed by atoms with van der Waals surface area (Å²) in [4.78, 5) is 62.5. The van der Waals surface area contributed by atoms with E-state index >= 15 is 0 Å². The number of carbonyl (C=O) groups excluding carboxylic acids is 5. The summed E-state index contributed by atoms with van der Waals surface area (Å²) < 4.78 is 98.9. The molecule has 0 unspecified atom stereocenters. The minimum atomic E-state index is -2.34. The van der Waals surface area contributed by atoms with Crippen LogP contribution in [-0.2, 0) is 104 Å². The lowest BCUT2D eigenvalue weighted by molar-refractivity contribution is -0.389. The molecule has 636 valence electrons. The number of hydrogen-bond donors (Lipinski definition) is 25. The second kappa shape index (κ2) is 41.6. The fraction of sp³-hybridized carbons (Fsp3) is 0.921. The average Bonchev–Trinajstić information content (AvgIpc) is 0.775. The van der Waals surface area contributed by atoms with Gasteiger partial charge in [0.1, 0.15) is 195 Å². The molecule has 0 saturated carbocycles. The minimum absolute atomic E-state index is 0.0140. The third-order valence-electron chi connectivity index (χ3n) is 19.8. The zero-order valence-corrected chi connectivity index (χ0v) is 60.2. The first-order chi connectivity index (χ1) is 52.2. The molecule has 0 radical (unpaired) electrons. The van der Waals surface area contributed by atoms with Crippen LogP contribution in [-0.4, -0.2) is 449 Å². The number of ether oxygens (including phenoxy) is 17. The van der Waals surface area contributed by atoms with Crippen molar-refractivity contribution in [1.29, 1.82) is 0 Å². The molecule has 47 heteroatoms. The van der Waals surface area contributed by atoms with Crippen LogP contribution in [0.15, 0.2) is 0 Å². The number of aliphatic hydroxyl groups is 21. The summed E-state index contributed by atoms with van der Waals surface area (Å²) in [6, 6.07) is -7.02. The molecule has 8 aliphatic heterocycles. The molecular weight excluding hydrogens is 1500 g/mol. The lowest BCUT2D eigenvalue weighted by atomic mass is 9.93. The van der Waals surface area contributed by atoms with Crippen LogP contribution in [0.5, 0.6) is 0 Å². The van der Waals surface area contributed by atoms with E-state index in [2.05, 4.69) is 26.0 Å². The van der Waals surface area contributed by atoms with E-state index in [-0.39, 0.29) is 13.0 Å². The van der Waals surface area contributed by atoms with Crippen molar-refractivity contribution in [2.24, 2.45) is 0 Å². The smallest absolute Gasteiger partial charge is 0.305 e. The number of amides is 4. The summed E-state index contributed by atoms with van der Waals surface area (Å²) >= 11 is 0. The summed E-state index contributed by atoms with van der Waals surface area (Å²) in [5.41, 5.74) is 0. The van der Waals surface area contributed by atoms with Gasteiger partial charge in [0.15, 0.2) is 50.3 Å². The lowest BCUT2D eigenvalue weighted by Gasteiger charge is -2.51. The fourth-order valence-electron chi connectivity index (χ4n) is 14.1. The van der Waals surface area contributed by atoms with E-state index in [9.17, 15) is 131 Å². The van der Waals surface area contributed by atoms with Crippen LogP contribution in [0.25, 0.3) is 0 Å². The molecule has 0 aliphatic carbocycles. The van der Waals surface area contributed by atoms with Gasteiger partial charge in [0, 0.05) is 40.7 Å². The number of rotatable bonds is 33. The summed E-state index contributed by atoms with van der Waals surface area (Å²) in [6.07, 6.45) is -69.2. The highest BCUT2D eigenvalue weighted by molar-refractivity contribution is 5.74. The molecule has 8 rings (SSSR count). The highest BCUT2D eigenvalue weighted by Crippen LogP contribution is 2.40. The third kappa shape index (κ3) is 21.4. The van der Waals surface area contributed by atoms with Gasteiger partial charge in [0.25, 0.3) is 0 Å². The third-order valence-corrected chi connectivity index (χ3v) is 19.8. The number of aliphatic hydroxyl groups excluding tert-OH is 21. The molecule has 25 N–H and O–H groups in total. The van der Waals surface area contributed by atoms with E-state index in [1.165, 1.54) is 7.11 Å². The van der Waals surface area contributed by atoms with Crippen molar-refractivity contribution in [2.75, 3.05) is 66.6 Å². The molecule has 40 atom stereocenters. The van der Waals surface area contributed by atoms with Crippen LogP contribution in [0.2, 0.25) is 0 Å². The van der Waals surface area contributed by atoms with Crippen molar-refractivity contribution in [2.45, 2.75) is 299 Å². The summed E-state index contributed by atoms with van der Waals surface area (Å²) in [5, 5.41) is 243. The number of methoxy groups -OCH3 is 1. The molecular formula is C63H106N4O43. The Morgan fingerprint density at radius 1 is 0.273 bits per heavy atom. The zero-order chi connectivity index (χ0) is 81.0. The standard InChI is InChI=1S/C63H106N4O43/c1-19(76)64-32-40(85)49(27(15-72)100-56(32)95-10-8-6-7-9-31(80)94-5)105-61-46(91)53(37(82)24(12-69)97-61)109-58-34(66-21(3)78)42(87)51(29(17-74)102-58)107-63-48(93)55(39(84)26(14-71)99-63)110-59-35(67-22(4)79)43(88)52(30(18-75)103-59)106-62-47(92)54(38(83)25(13-70)98-62)108-57-33(65-20(2)77)41(86)50(28(16-73)101-57)104-60-45(90)44(89)36(81)23(11-68)96-60/h23-30,32-63,68-75,81-93H,6-18H2,1-5H3,(H,64,76)(H,65,77)(H,66,78)(H,67,79)/t23-,24-,25-,26-,27-,28-,29-,30-,32-,33-,34-,35-,36+,37+,38+,39+,40-,41-,42-,43-,44+,45-,46-,47-,48-,49-,50-,51-,52-,53+,54+,55+,56-,57+,58+,59+,60+,61+,62+,63+/m1/s1. The van der Waals surface area contributed by atoms with Crippen molar-refractivity contribution >= 4 is 29.6 Å². The van der Waals surface area contributed by atoms with Crippen LogP contribution < -0.4 is 21.3 Å². The summed E-state index contributed by atoms with van der Waals surface area (Å²) in [7, 11) is 1.25. The Labute approximate surface area is 626 Å². The molecule has 0 aromatic heterocycles. The van der Waals surface area contributed by atoms with Crippen LogP contribution in [0.1, 0.15) is 53.4 Å². The molecule has 8 aliphatic rings. The number of nitrogens with one attached hydrogen (secondary N) is 4. The van der Waals surface area contributed by atoms with Gasteiger partial charge in [-0.2, -0.15) is 0 Å². The first-order valence-corrected chi connectivity index (χ1v) is 35.6. The van der Waals surface area contributed by atoms with Gasteiger partial charge in [-0.25, -0.2) is 0 Å². The first-order valence-electron chi connectivity index (χ1n) is 35.6. The molecule has 47 nitrogen and oxygen atoms in total. The fourth-order valence-corrected chi connectivity index (χ4v) is 14.1. The molecule has 110 heavy (non-hydrogen) atoms. The number of unbranched alkanes of at least 4 members (excludes halogenated alkanes) is 2. The predicted molar refractivity (Wildman–Crippen MR) is 345 cm³/mol. The Morgan fingerprint density at radius 3 is 0.791 bits per heavy atom.